The first-order chi connectivity index (χ1) is 17.2. The Bertz CT molecular complexity index is 1000. The first-order valence-corrected chi connectivity index (χ1v) is 12.0. The molecule has 11 nitrogen and oxygen atoms in total. The number of rotatable bonds is 12. The molecule has 1 aromatic rings. The van der Waals surface area contributed by atoms with Crippen LogP contribution < -0.4 is 16.0 Å². The van der Waals surface area contributed by atoms with Gasteiger partial charge in [0.15, 0.2) is 5.78 Å². The van der Waals surface area contributed by atoms with Gasteiger partial charge in [0, 0.05) is 0 Å². The fourth-order valence-corrected chi connectivity index (χ4v) is 3.64. The Hall–Kier alpha value is -3.76. The number of Topliss-reactive ketones (excluding diaryl/α,β-unsaturated/α-hetero) is 1. The largest absolute Gasteiger partial charge is 0.465 e. The number of nitrogens with one attached hydrogen (secondary N) is 3. The van der Waals surface area contributed by atoms with E-state index < -0.39 is 59.2 Å². The van der Waals surface area contributed by atoms with Crippen molar-refractivity contribution in [1.29, 1.82) is 0 Å². The third-order valence-corrected chi connectivity index (χ3v) is 5.33. The van der Waals surface area contributed by atoms with Gasteiger partial charge in [-0.2, -0.15) is 0 Å². The van der Waals surface area contributed by atoms with E-state index in [1.165, 1.54) is 19.2 Å². The van der Waals surface area contributed by atoms with Gasteiger partial charge in [0.25, 0.3) is 0 Å². The standard InChI is InChI=1S/C26H37N3O8/c1-8-18(22(32)21(15(2)3)23(33)27-14-30)28-20(31)13-19(29-25(35)37-26(4,5)6)16-10-9-11-17(12-16)24(34)36-7/h9-12,14-15,18-19,21H,8,13H2,1-7H3,(H,28,31)(H,29,35)(H,27,30,33)/t18-,19?,21+/m0/s1. The smallest absolute Gasteiger partial charge is 0.408 e. The minimum Gasteiger partial charge on any atom is -0.465 e. The number of ether oxygens (including phenoxy) is 2. The zero-order chi connectivity index (χ0) is 28.3. The van der Waals surface area contributed by atoms with Crippen molar-refractivity contribution >= 4 is 36.1 Å². The lowest BCUT2D eigenvalue weighted by Gasteiger charge is -2.26. The SMILES string of the molecule is CC[C@H](NC(=O)CC(NC(=O)OC(C)(C)C)c1cccc(C(=O)OC)c1)C(=O)[C@H](C(=O)NC=O)C(C)C. The van der Waals surface area contributed by atoms with Gasteiger partial charge >= 0.3 is 12.1 Å². The third-order valence-electron chi connectivity index (χ3n) is 5.33. The van der Waals surface area contributed by atoms with E-state index in [9.17, 15) is 28.8 Å². The summed E-state index contributed by atoms with van der Waals surface area (Å²) in [5, 5.41) is 7.27. The maximum Gasteiger partial charge on any atom is 0.408 e. The minimum atomic E-state index is -1.14. The summed E-state index contributed by atoms with van der Waals surface area (Å²) in [6.45, 7) is 10.1. The van der Waals surface area contributed by atoms with Crippen molar-refractivity contribution in [3.05, 3.63) is 35.4 Å². The molecule has 0 saturated carbocycles. The highest BCUT2D eigenvalue weighted by atomic mass is 16.6. The second-order valence-electron chi connectivity index (χ2n) is 9.80. The van der Waals surface area contributed by atoms with Crippen LogP contribution in [0.1, 0.15) is 76.3 Å². The number of hydrogen-bond donors (Lipinski definition) is 3. The molecular weight excluding hydrogens is 482 g/mol. The Morgan fingerprint density at radius 1 is 1.05 bits per heavy atom. The van der Waals surface area contributed by atoms with Gasteiger partial charge in [-0.1, -0.05) is 32.9 Å². The first kappa shape index (κ1) is 31.3. The average molecular weight is 520 g/mol. The summed E-state index contributed by atoms with van der Waals surface area (Å²) in [5.74, 6) is -4.00. The van der Waals surface area contributed by atoms with E-state index in [0.717, 1.165) is 0 Å². The van der Waals surface area contributed by atoms with E-state index in [1.807, 2.05) is 5.32 Å². The van der Waals surface area contributed by atoms with Crippen molar-refractivity contribution in [1.82, 2.24) is 16.0 Å². The lowest BCUT2D eigenvalue weighted by atomic mass is 9.86. The quantitative estimate of drug-likeness (QED) is 0.216. The Labute approximate surface area is 217 Å². The summed E-state index contributed by atoms with van der Waals surface area (Å²) in [6.07, 6.45) is -0.660. The number of ketones is 1. The van der Waals surface area contributed by atoms with E-state index in [1.54, 1.807) is 53.7 Å². The highest BCUT2D eigenvalue weighted by Crippen LogP contribution is 2.21. The molecule has 0 bridgehead atoms. The third kappa shape index (κ3) is 10.0. The van der Waals surface area contributed by atoms with Crippen LogP contribution in [-0.4, -0.2) is 54.8 Å². The molecule has 0 aliphatic carbocycles. The molecule has 4 amide bonds. The van der Waals surface area contributed by atoms with Gasteiger partial charge < -0.3 is 20.1 Å². The molecule has 0 aliphatic heterocycles. The molecule has 0 saturated heterocycles. The van der Waals surface area contributed by atoms with Crippen LogP contribution in [0, 0.1) is 11.8 Å². The maximum atomic E-state index is 13.1. The van der Waals surface area contributed by atoms with Gasteiger partial charge in [0.2, 0.25) is 18.2 Å². The number of amides is 4. The van der Waals surface area contributed by atoms with Gasteiger partial charge in [-0.05, 0) is 50.8 Å². The van der Waals surface area contributed by atoms with Crippen LogP contribution in [0.2, 0.25) is 0 Å². The lowest BCUT2D eigenvalue weighted by molar-refractivity contribution is -0.139. The van der Waals surface area contributed by atoms with E-state index >= 15 is 0 Å². The number of methoxy groups -OCH3 is 1. The van der Waals surface area contributed by atoms with Gasteiger partial charge in [0.05, 0.1) is 31.2 Å². The predicted molar refractivity (Wildman–Crippen MR) is 134 cm³/mol. The normalized spacial score (nSPS) is 13.5. The topological polar surface area (TPSA) is 157 Å². The molecular formula is C26H37N3O8. The van der Waals surface area contributed by atoms with Crippen LogP contribution in [0.4, 0.5) is 4.79 Å². The molecule has 3 N–H and O–H groups in total. The van der Waals surface area contributed by atoms with E-state index in [2.05, 4.69) is 10.6 Å². The van der Waals surface area contributed by atoms with Gasteiger partial charge in [-0.25, -0.2) is 9.59 Å². The molecule has 0 heterocycles. The van der Waals surface area contributed by atoms with Gasteiger partial charge in [-0.15, -0.1) is 0 Å². The number of imide groups is 1. The van der Waals surface area contributed by atoms with Crippen LogP contribution in [0.25, 0.3) is 0 Å². The molecule has 1 rings (SSSR count). The van der Waals surface area contributed by atoms with Crippen molar-refractivity contribution in [2.24, 2.45) is 11.8 Å². The molecule has 1 aromatic carbocycles. The number of benzene rings is 1. The fourth-order valence-electron chi connectivity index (χ4n) is 3.64. The van der Waals surface area contributed by atoms with Crippen LogP contribution in [0.15, 0.2) is 24.3 Å². The number of esters is 1. The summed E-state index contributed by atoms with van der Waals surface area (Å²) >= 11 is 0. The molecule has 1 unspecified atom stereocenters. The first-order valence-electron chi connectivity index (χ1n) is 12.0. The minimum absolute atomic E-state index is 0.199. The molecule has 204 valence electrons. The number of hydrogen-bond acceptors (Lipinski definition) is 8. The summed E-state index contributed by atoms with van der Waals surface area (Å²) in [5.41, 5.74) is -0.133. The fraction of sp³-hybridized carbons (Fsp3) is 0.538. The lowest BCUT2D eigenvalue weighted by Crippen LogP contribution is -2.49. The van der Waals surface area contributed by atoms with Crippen molar-refractivity contribution in [3.63, 3.8) is 0 Å². The molecule has 37 heavy (non-hydrogen) atoms. The van der Waals surface area contributed by atoms with E-state index in [0.29, 0.717) is 5.56 Å². The highest BCUT2D eigenvalue weighted by Gasteiger charge is 2.35. The molecule has 0 spiro atoms. The highest BCUT2D eigenvalue weighted by molar-refractivity contribution is 6.07. The number of carbonyl (C=O) groups excluding carboxylic acids is 6. The Kier molecular flexibility index (Phi) is 11.9. The van der Waals surface area contributed by atoms with E-state index in [-0.39, 0.29) is 24.8 Å². The van der Waals surface area contributed by atoms with Crippen molar-refractivity contribution < 1.29 is 38.2 Å². The van der Waals surface area contributed by atoms with E-state index in [4.69, 9.17) is 9.47 Å². The molecule has 0 aromatic heterocycles. The summed E-state index contributed by atoms with van der Waals surface area (Å²) in [7, 11) is 1.24. The molecule has 0 aliphatic rings. The van der Waals surface area contributed by atoms with Crippen LogP contribution in [-0.2, 0) is 28.7 Å². The second-order valence-corrected chi connectivity index (χ2v) is 9.80. The zero-order valence-electron chi connectivity index (χ0n) is 22.4. The molecule has 0 radical (unpaired) electrons. The summed E-state index contributed by atoms with van der Waals surface area (Å²) in [6, 6.07) is 4.32. The van der Waals surface area contributed by atoms with Crippen LogP contribution in [0.3, 0.4) is 0 Å². The number of carbonyl (C=O) groups is 6. The van der Waals surface area contributed by atoms with Crippen molar-refractivity contribution in [2.45, 2.75) is 72.1 Å². The van der Waals surface area contributed by atoms with Crippen LogP contribution in [0.5, 0.6) is 0 Å². The molecule has 11 heteroatoms. The summed E-state index contributed by atoms with van der Waals surface area (Å²) in [4.78, 5) is 73.6. The van der Waals surface area contributed by atoms with Crippen molar-refractivity contribution in [2.75, 3.05) is 7.11 Å². The Balaban J connectivity index is 3.19. The monoisotopic (exact) mass is 519 g/mol. The molecule has 3 atom stereocenters. The molecule has 0 fully saturated rings. The second kappa shape index (κ2) is 14.1. The Morgan fingerprint density at radius 3 is 2.22 bits per heavy atom. The Morgan fingerprint density at radius 2 is 1.70 bits per heavy atom. The zero-order valence-corrected chi connectivity index (χ0v) is 22.4. The van der Waals surface area contributed by atoms with Crippen LogP contribution >= 0.6 is 0 Å². The van der Waals surface area contributed by atoms with Crippen molar-refractivity contribution in [3.8, 4) is 0 Å². The van der Waals surface area contributed by atoms with Gasteiger partial charge in [0.1, 0.15) is 11.5 Å². The predicted octanol–water partition coefficient (Wildman–Crippen LogP) is 2.44. The maximum absolute atomic E-state index is 13.1. The van der Waals surface area contributed by atoms with Gasteiger partial charge in [-0.3, -0.25) is 24.5 Å². The average Bonchev–Trinajstić information content (AvgIpc) is 2.80. The summed E-state index contributed by atoms with van der Waals surface area (Å²) < 4.78 is 10.1. The number of alkyl carbamates (subject to hydrolysis) is 1.